The Kier molecular flexibility index (Phi) is 47.2. The summed E-state index contributed by atoms with van der Waals surface area (Å²) in [6.07, 6.45) is 66.1. The second-order valence-electron chi connectivity index (χ2n) is 17.2. The first kappa shape index (κ1) is 59.8. The van der Waals surface area contributed by atoms with Crippen molar-refractivity contribution in [2.45, 2.75) is 244 Å². The fraction of sp³-hybridized carbons (Fsp3) is 0.684. The van der Waals surface area contributed by atoms with E-state index < -0.39 is 18.2 Å². The van der Waals surface area contributed by atoms with Crippen LogP contribution in [0.15, 0.2) is 97.2 Å². The van der Waals surface area contributed by atoms with Crippen LogP contribution in [0, 0.1) is 0 Å². The highest BCUT2D eigenvalue weighted by molar-refractivity contribution is 5.77. The zero-order valence-electron chi connectivity index (χ0n) is 40.9. The van der Waals surface area contributed by atoms with Gasteiger partial charge in [-0.1, -0.05) is 227 Å². The highest BCUT2D eigenvalue weighted by Gasteiger charge is 2.24. The molecule has 1 amide bonds. The Balaban J connectivity index is 4.73. The Morgan fingerprint density at radius 1 is 0.492 bits per heavy atom. The lowest BCUT2D eigenvalue weighted by atomic mass is 10.0. The molecule has 6 nitrogen and oxygen atoms in total. The summed E-state index contributed by atoms with van der Waals surface area (Å²) >= 11 is 0. The van der Waals surface area contributed by atoms with Gasteiger partial charge in [-0.2, -0.15) is 0 Å². The van der Waals surface area contributed by atoms with E-state index in [9.17, 15) is 19.8 Å². The lowest BCUT2D eigenvalue weighted by Gasteiger charge is -2.24. The number of hydrogen-bond donors (Lipinski definition) is 3. The third kappa shape index (κ3) is 45.2. The van der Waals surface area contributed by atoms with Crippen molar-refractivity contribution in [2.24, 2.45) is 0 Å². The van der Waals surface area contributed by atoms with Crippen LogP contribution in [0.2, 0.25) is 0 Å². The van der Waals surface area contributed by atoms with Crippen molar-refractivity contribution >= 4 is 11.9 Å². The molecule has 0 spiro atoms. The molecular formula is C57H97NO5. The lowest BCUT2D eigenvalue weighted by Crippen LogP contribution is -2.46. The first-order chi connectivity index (χ1) is 31.0. The maximum atomic E-state index is 13.2. The van der Waals surface area contributed by atoms with Crippen molar-refractivity contribution in [1.82, 2.24) is 5.32 Å². The van der Waals surface area contributed by atoms with E-state index in [1.807, 2.05) is 0 Å². The van der Waals surface area contributed by atoms with E-state index in [1.54, 1.807) is 0 Å². The van der Waals surface area contributed by atoms with Crippen molar-refractivity contribution in [3.05, 3.63) is 97.2 Å². The summed E-state index contributed by atoms with van der Waals surface area (Å²) in [5, 5.41) is 23.8. The maximum Gasteiger partial charge on any atom is 0.306 e. The summed E-state index contributed by atoms with van der Waals surface area (Å²) in [6.45, 7) is 6.21. The van der Waals surface area contributed by atoms with Gasteiger partial charge in [-0.05, 0) is 83.5 Å². The molecule has 0 heterocycles. The molecule has 6 heteroatoms. The van der Waals surface area contributed by atoms with Crippen LogP contribution >= 0.6 is 0 Å². The molecule has 0 saturated carbocycles. The molecule has 0 aliphatic rings. The monoisotopic (exact) mass is 876 g/mol. The van der Waals surface area contributed by atoms with Crippen LogP contribution in [-0.2, 0) is 14.3 Å². The van der Waals surface area contributed by atoms with E-state index in [2.05, 4.69) is 123 Å². The molecule has 3 atom stereocenters. The Labute approximate surface area is 388 Å². The van der Waals surface area contributed by atoms with Gasteiger partial charge in [0.05, 0.1) is 25.2 Å². The number of hydrogen-bond acceptors (Lipinski definition) is 5. The molecule has 0 aliphatic heterocycles. The van der Waals surface area contributed by atoms with Gasteiger partial charge >= 0.3 is 5.97 Å². The van der Waals surface area contributed by atoms with Crippen molar-refractivity contribution in [3.8, 4) is 0 Å². The number of rotatable bonds is 45. The molecule has 0 rings (SSSR count). The highest BCUT2D eigenvalue weighted by Crippen LogP contribution is 2.17. The SMILES string of the molecule is CC/C=C\C/C=C\C/C=C\C/C=C\C/C=C\CCCC(CC(=O)NC(CO)C(O)CCCCCCCCCCCCCCCC)OC(=O)CCCCCCC\C=C/C=C/C=C/CC. The van der Waals surface area contributed by atoms with Crippen LogP contribution < -0.4 is 5.32 Å². The third-order valence-corrected chi connectivity index (χ3v) is 11.2. The van der Waals surface area contributed by atoms with Crippen LogP contribution in [0.3, 0.4) is 0 Å². The molecular weight excluding hydrogens is 779 g/mol. The van der Waals surface area contributed by atoms with Gasteiger partial charge in [0.2, 0.25) is 5.91 Å². The molecule has 0 saturated heterocycles. The summed E-state index contributed by atoms with van der Waals surface area (Å²) in [7, 11) is 0. The van der Waals surface area contributed by atoms with Gasteiger partial charge in [-0.3, -0.25) is 9.59 Å². The smallest absolute Gasteiger partial charge is 0.306 e. The number of aliphatic hydroxyl groups excluding tert-OH is 2. The number of carbonyl (C=O) groups excluding carboxylic acids is 2. The van der Waals surface area contributed by atoms with Crippen LogP contribution in [0.5, 0.6) is 0 Å². The number of aliphatic hydroxyl groups is 2. The Bertz CT molecular complexity index is 1260. The summed E-state index contributed by atoms with van der Waals surface area (Å²) in [5.41, 5.74) is 0. The first-order valence-electron chi connectivity index (χ1n) is 26.0. The summed E-state index contributed by atoms with van der Waals surface area (Å²) < 4.78 is 5.90. The minimum atomic E-state index is -0.812. The predicted octanol–water partition coefficient (Wildman–Crippen LogP) is 15.7. The van der Waals surface area contributed by atoms with E-state index in [-0.39, 0.29) is 24.9 Å². The quantitative estimate of drug-likeness (QED) is 0.0245. The first-order valence-corrected chi connectivity index (χ1v) is 26.0. The van der Waals surface area contributed by atoms with Gasteiger partial charge in [-0.25, -0.2) is 0 Å². The standard InChI is InChI=1S/C57H97NO5/c1-4-7-10-13-16-19-22-25-27-28-29-31-33-36-39-42-45-48-53(63-57(62)50-47-44-41-38-35-30-24-21-18-15-12-9-6-3)51-56(61)58-54(52-59)55(60)49-46-43-40-37-34-32-26-23-20-17-14-11-8-5-2/h7,9-10,12,15-16,18-19,21,24-25,27,29,31,36,39,53-55,59-60H,4-6,8,11,13-14,17,20,22-23,26,28,30,32-35,37-38,40-52H2,1-3H3,(H,58,61)/b10-7-,12-9+,18-15+,19-16-,24-21-,27-25-,31-29-,39-36-. The fourth-order valence-corrected chi connectivity index (χ4v) is 7.34. The second-order valence-corrected chi connectivity index (χ2v) is 17.2. The summed E-state index contributed by atoms with van der Waals surface area (Å²) in [6, 6.07) is -0.730. The Morgan fingerprint density at radius 2 is 0.952 bits per heavy atom. The van der Waals surface area contributed by atoms with Gasteiger partial charge in [0.15, 0.2) is 0 Å². The Morgan fingerprint density at radius 3 is 1.49 bits per heavy atom. The molecule has 0 bridgehead atoms. The molecule has 3 unspecified atom stereocenters. The van der Waals surface area contributed by atoms with Gasteiger partial charge in [0.25, 0.3) is 0 Å². The largest absolute Gasteiger partial charge is 0.462 e. The number of ether oxygens (including phenoxy) is 1. The molecule has 0 aromatic heterocycles. The maximum absolute atomic E-state index is 13.2. The lowest BCUT2D eigenvalue weighted by molar-refractivity contribution is -0.151. The molecule has 0 aliphatic carbocycles. The number of nitrogens with one attached hydrogen (secondary N) is 1. The van der Waals surface area contributed by atoms with Crippen LogP contribution in [0.4, 0.5) is 0 Å². The fourth-order valence-electron chi connectivity index (χ4n) is 7.34. The minimum absolute atomic E-state index is 0.0249. The minimum Gasteiger partial charge on any atom is -0.462 e. The second kappa shape index (κ2) is 49.8. The average Bonchev–Trinajstić information content (AvgIpc) is 3.28. The van der Waals surface area contributed by atoms with Crippen molar-refractivity contribution in [3.63, 3.8) is 0 Å². The van der Waals surface area contributed by atoms with Gasteiger partial charge < -0.3 is 20.3 Å². The number of unbranched alkanes of at least 4 members (excludes halogenated alkanes) is 19. The average molecular weight is 876 g/mol. The number of esters is 1. The van der Waals surface area contributed by atoms with Gasteiger partial charge in [-0.15, -0.1) is 0 Å². The van der Waals surface area contributed by atoms with Crippen molar-refractivity contribution in [2.75, 3.05) is 6.61 Å². The number of carbonyl (C=O) groups is 2. The number of amides is 1. The summed E-state index contributed by atoms with van der Waals surface area (Å²) in [5.74, 6) is -0.560. The van der Waals surface area contributed by atoms with E-state index in [0.29, 0.717) is 19.3 Å². The van der Waals surface area contributed by atoms with Crippen molar-refractivity contribution < 1.29 is 24.5 Å². The zero-order chi connectivity index (χ0) is 45.9. The molecule has 0 aromatic rings. The van der Waals surface area contributed by atoms with Crippen LogP contribution in [-0.4, -0.2) is 46.9 Å². The van der Waals surface area contributed by atoms with E-state index in [0.717, 1.165) is 109 Å². The zero-order valence-corrected chi connectivity index (χ0v) is 40.9. The molecule has 360 valence electrons. The normalized spacial score (nSPS) is 14.0. The van der Waals surface area contributed by atoms with Gasteiger partial charge in [0.1, 0.15) is 6.10 Å². The molecule has 3 N–H and O–H groups in total. The Hall–Kier alpha value is -3.22. The van der Waals surface area contributed by atoms with Crippen molar-refractivity contribution in [1.29, 1.82) is 0 Å². The predicted molar refractivity (Wildman–Crippen MR) is 273 cm³/mol. The molecule has 0 fully saturated rings. The third-order valence-electron chi connectivity index (χ3n) is 11.2. The van der Waals surface area contributed by atoms with E-state index >= 15 is 0 Å². The highest BCUT2D eigenvalue weighted by atomic mass is 16.5. The topological polar surface area (TPSA) is 95.9 Å². The summed E-state index contributed by atoms with van der Waals surface area (Å²) in [4.78, 5) is 26.1. The van der Waals surface area contributed by atoms with E-state index in [1.165, 1.54) is 70.6 Å². The molecule has 0 radical (unpaired) electrons. The van der Waals surface area contributed by atoms with E-state index in [4.69, 9.17) is 4.74 Å². The van der Waals surface area contributed by atoms with Crippen LogP contribution in [0.1, 0.15) is 226 Å². The number of allylic oxidation sites excluding steroid dienone is 16. The van der Waals surface area contributed by atoms with Gasteiger partial charge in [0, 0.05) is 6.42 Å². The van der Waals surface area contributed by atoms with Crippen LogP contribution in [0.25, 0.3) is 0 Å². The molecule has 0 aromatic carbocycles. The molecule has 63 heavy (non-hydrogen) atoms.